The van der Waals surface area contributed by atoms with Gasteiger partial charge in [0.1, 0.15) is 12.4 Å². The number of hydrogen-bond donors (Lipinski definition) is 2. The molecule has 0 aromatic heterocycles. The molecule has 1 spiro atoms. The molecule has 2 aromatic carbocycles. The Kier molecular flexibility index (Phi) is 10.7. The normalized spacial score (nSPS) is 27.5. The Morgan fingerprint density at radius 1 is 1.19 bits per heavy atom. The monoisotopic (exact) mass is 698 g/mol. The van der Waals surface area contributed by atoms with E-state index in [4.69, 9.17) is 21.1 Å². The zero-order valence-electron chi connectivity index (χ0n) is 27.9. The van der Waals surface area contributed by atoms with Gasteiger partial charge in [-0.2, -0.15) is 0 Å². The van der Waals surface area contributed by atoms with Gasteiger partial charge < -0.3 is 24.6 Å². The number of sulfonamides is 1. The molecule has 2 heterocycles. The molecule has 2 amide bonds. The molecule has 1 fully saturated rings. The summed E-state index contributed by atoms with van der Waals surface area (Å²) in [6.07, 6.45) is 9.42. The molecule has 2 N–H and O–H groups in total. The molecule has 2 aliphatic heterocycles. The quantitative estimate of drug-likeness (QED) is 0.429. The molecule has 0 saturated heterocycles. The van der Waals surface area contributed by atoms with Gasteiger partial charge in [0.2, 0.25) is 15.9 Å². The second-order valence-corrected chi connectivity index (χ2v) is 16.3. The van der Waals surface area contributed by atoms with E-state index in [9.17, 15) is 18.0 Å². The second-order valence-electron chi connectivity index (χ2n) is 14.0. The highest BCUT2D eigenvalue weighted by Gasteiger charge is 2.44. The number of carbonyl (C=O) groups is 2. The van der Waals surface area contributed by atoms with Crippen LogP contribution in [-0.4, -0.2) is 90.5 Å². The van der Waals surface area contributed by atoms with E-state index >= 15 is 0 Å². The van der Waals surface area contributed by atoms with E-state index in [1.165, 1.54) is 11.1 Å². The smallest absolute Gasteiger partial charge is 0.264 e. The average Bonchev–Trinajstić information content (AvgIpc) is 3.17. The van der Waals surface area contributed by atoms with E-state index in [2.05, 4.69) is 27.1 Å². The number of nitrogens with zero attached hydrogens (tertiary/aromatic N) is 2. The van der Waals surface area contributed by atoms with Crippen molar-refractivity contribution in [3.8, 4) is 5.75 Å². The highest BCUT2D eigenvalue weighted by molar-refractivity contribution is 7.90. The van der Waals surface area contributed by atoms with E-state index < -0.39 is 15.9 Å². The number of aryl methyl sites for hydroxylation is 1. The van der Waals surface area contributed by atoms with Gasteiger partial charge in [-0.05, 0) is 112 Å². The standard InChI is InChI=1S/C36H47ClN4O6S/c1-40(2)17-16-38-34(42)22-46-32-8-4-3-5-18-48(44,45)39-35(43)26-10-14-33-31(20-26)41(21-27-9-12-29(27)32)23-36(24-47-33)15-6-7-25-19-28(37)11-13-30(25)36/h4,8,10-11,13-14,19-20,27,29,32H,3,5-7,9,12,15-18,21-24H2,1-2H3,(H,38,42)(H,39,43)/b8-4+/t27-,29+,32+,36-/m0/s1. The number of allylic oxidation sites excluding steroid dienone is 1. The SMILES string of the molecule is CN(C)CCNC(=O)CO[C@@H]1/C=C/CCCS(=O)(=O)NC(=O)c2ccc3c(c2)N(C[C@@H]2CC[C@H]21)C[C@@]1(CCCc2cc(Cl)ccc21)CO3. The second kappa shape index (κ2) is 14.8. The van der Waals surface area contributed by atoms with E-state index in [0.717, 1.165) is 49.4 Å². The van der Waals surface area contributed by atoms with Crippen LogP contribution in [0.4, 0.5) is 5.69 Å². The van der Waals surface area contributed by atoms with Crippen molar-refractivity contribution in [3.63, 3.8) is 0 Å². The molecule has 4 atom stereocenters. The molecule has 4 aliphatic rings. The third-order valence-electron chi connectivity index (χ3n) is 10.3. The molecule has 1 saturated carbocycles. The lowest BCUT2D eigenvalue weighted by Gasteiger charge is -2.46. The molecule has 2 bridgehead atoms. The molecular weight excluding hydrogens is 652 g/mol. The zero-order valence-corrected chi connectivity index (χ0v) is 29.5. The molecule has 10 nitrogen and oxygen atoms in total. The van der Waals surface area contributed by atoms with Crippen molar-refractivity contribution in [1.82, 2.24) is 14.9 Å². The van der Waals surface area contributed by atoms with Crippen LogP contribution in [0.1, 0.15) is 60.0 Å². The van der Waals surface area contributed by atoms with Gasteiger partial charge in [-0.15, -0.1) is 0 Å². The minimum Gasteiger partial charge on any atom is -0.490 e. The maximum atomic E-state index is 13.3. The molecule has 260 valence electrons. The van der Waals surface area contributed by atoms with E-state index in [-0.39, 0.29) is 47.2 Å². The maximum absolute atomic E-state index is 13.3. The number of rotatable bonds is 6. The van der Waals surface area contributed by atoms with Gasteiger partial charge in [0.25, 0.3) is 5.91 Å². The number of nitrogens with one attached hydrogen (secondary N) is 2. The van der Waals surface area contributed by atoms with Crippen LogP contribution in [0, 0.1) is 11.8 Å². The van der Waals surface area contributed by atoms with Crippen LogP contribution in [0.2, 0.25) is 5.02 Å². The first-order valence-corrected chi connectivity index (χ1v) is 19.1. The topological polar surface area (TPSA) is 117 Å². The first-order chi connectivity index (χ1) is 23.0. The largest absolute Gasteiger partial charge is 0.490 e. The number of fused-ring (bicyclic) bond motifs is 4. The van der Waals surface area contributed by atoms with Gasteiger partial charge in [0, 0.05) is 42.2 Å². The van der Waals surface area contributed by atoms with Gasteiger partial charge in [-0.1, -0.05) is 29.8 Å². The summed E-state index contributed by atoms with van der Waals surface area (Å²) in [6.45, 7) is 3.11. The fourth-order valence-electron chi connectivity index (χ4n) is 7.63. The van der Waals surface area contributed by atoms with E-state index in [1.807, 2.05) is 37.2 Å². The fourth-order valence-corrected chi connectivity index (χ4v) is 8.87. The summed E-state index contributed by atoms with van der Waals surface area (Å²) >= 11 is 6.43. The Morgan fingerprint density at radius 2 is 2.04 bits per heavy atom. The van der Waals surface area contributed by atoms with Crippen LogP contribution in [0.5, 0.6) is 5.75 Å². The summed E-state index contributed by atoms with van der Waals surface area (Å²) in [7, 11) is 0.0770. The highest BCUT2D eigenvalue weighted by atomic mass is 35.5. The molecule has 2 aliphatic carbocycles. The summed E-state index contributed by atoms with van der Waals surface area (Å²) in [4.78, 5) is 30.3. The predicted octanol–water partition coefficient (Wildman–Crippen LogP) is 4.31. The van der Waals surface area contributed by atoms with Crippen LogP contribution in [0.15, 0.2) is 48.6 Å². The van der Waals surface area contributed by atoms with Crippen molar-refractivity contribution < 1.29 is 27.5 Å². The molecule has 0 radical (unpaired) electrons. The Morgan fingerprint density at radius 3 is 2.83 bits per heavy atom. The Balaban J connectivity index is 1.32. The molecular formula is C36H47ClN4O6S. The van der Waals surface area contributed by atoms with Gasteiger partial charge >= 0.3 is 0 Å². The lowest BCUT2D eigenvalue weighted by molar-refractivity contribution is -0.129. The molecule has 0 unspecified atom stereocenters. The predicted molar refractivity (Wildman–Crippen MR) is 187 cm³/mol. The van der Waals surface area contributed by atoms with E-state index in [0.29, 0.717) is 44.8 Å². The van der Waals surface area contributed by atoms with Crippen LogP contribution in [0.25, 0.3) is 0 Å². The first kappa shape index (κ1) is 34.7. The summed E-state index contributed by atoms with van der Waals surface area (Å²) in [5.41, 5.74) is 3.26. The Labute approximate surface area is 289 Å². The number of carbonyl (C=O) groups excluding carboxylic acids is 2. The number of benzene rings is 2. The van der Waals surface area contributed by atoms with Gasteiger partial charge in [0.05, 0.1) is 24.2 Å². The van der Waals surface area contributed by atoms with E-state index in [1.54, 1.807) is 18.2 Å². The van der Waals surface area contributed by atoms with Crippen LogP contribution in [0.3, 0.4) is 0 Å². The Bertz CT molecular complexity index is 1650. The van der Waals surface area contributed by atoms with Crippen molar-refractivity contribution in [2.75, 3.05) is 64.1 Å². The number of amides is 2. The number of halogens is 1. The van der Waals surface area contributed by atoms with Gasteiger partial charge in [-0.25, -0.2) is 13.1 Å². The lowest BCUT2D eigenvalue weighted by atomic mass is 9.68. The number of likely N-dealkylation sites (N-methyl/N-ethyl adjacent to an activating group) is 1. The fraction of sp³-hybridized carbons (Fsp3) is 0.556. The van der Waals surface area contributed by atoms with Crippen LogP contribution in [-0.2, 0) is 31.4 Å². The number of anilines is 1. The van der Waals surface area contributed by atoms with Gasteiger partial charge in [0.15, 0.2) is 0 Å². The molecule has 2 aromatic rings. The number of hydrogen-bond acceptors (Lipinski definition) is 8. The first-order valence-electron chi connectivity index (χ1n) is 17.1. The minimum absolute atomic E-state index is 0.0434. The van der Waals surface area contributed by atoms with Crippen LogP contribution < -0.4 is 19.7 Å². The van der Waals surface area contributed by atoms with Crippen molar-refractivity contribution >= 4 is 39.1 Å². The number of ether oxygens (including phenoxy) is 2. The summed E-state index contributed by atoms with van der Waals surface area (Å²) in [6, 6.07) is 11.4. The molecule has 48 heavy (non-hydrogen) atoms. The van der Waals surface area contributed by atoms with Crippen molar-refractivity contribution in [2.24, 2.45) is 11.8 Å². The molecule has 12 heteroatoms. The van der Waals surface area contributed by atoms with Crippen molar-refractivity contribution in [1.29, 1.82) is 0 Å². The Hall–Kier alpha value is -3.12. The van der Waals surface area contributed by atoms with Crippen molar-refractivity contribution in [2.45, 2.75) is 56.5 Å². The third kappa shape index (κ3) is 8.01. The summed E-state index contributed by atoms with van der Waals surface area (Å²) in [5.74, 6) is 0.154. The van der Waals surface area contributed by atoms with Gasteiger partial charge in [-0.3, -0.25) is 9.59 Å². The summed E-state index contributed by atoms with van der Waals surface area (Å²) in [5, 5.41) is 3.65. The minimum atomic E-state index is -3.84. The van der Waals surface area contributed by atoms with Crippen LogP contribution >= 0.6 is 11.6 Å². The maximum Gasteiger partial charge on any atom is 0.264 e. The van der Waals surface area contributed by atoms with Crippen molar-refractivity contribution in [3.05, 3.63) is 70.3 Å². The molecule has 6 rings (SSSR count). The highest BCUT2D eigenvalue weighted by Crippen LogP contribution is 2.47. The average molecular weight is 699 g/mol. The lowest BCUT2D eigenvalue weighted by Crippen LogP contribution is -2.50. The summed E-state index contributed by atoms with van der Waals surface area (Å²) < 4.78 is 40.9. The third-order valence-corrected chi connectivity index (χ3v) is 11.9. The zero-order chi connectivity index (χ0) is 33.9.